The highest BCUT2D eigenvalue weighted by molar-refractivity contribution is 7.98. The lowest BCUT2D eigenvalue weighted by Gasteiger charge is -2.12. The van der Waals surface area contributed by atoms with Crippen LogP contribution in [0.25, 0.3) is 0 Å². The third-order valence-electron chi connectivity index (χ3n) is 2.76. The van der Waals surface area contributed by atoms with Crippen LogP contribution in [0.5, 0.6) is 0 Å². The molecule has 0 saturated carbocycles. The maximum Gasteiger partial charge on any atom is 0.319 e. The van der Waals surface area contributed by atoms with Crippen LogP contribution in [0, 0.1) is 5.92 Å². The first-order valence-electron chi connectivity index (χ1n) is 6.42. The molecule has 0 spiro atoms. The molecule has 1 rings (SSSR count). The van der Waals surface area contributed by atoms with Crippen LogP contribution in [-0.2, 0) is 0 Å². The molecule has 106 valence electrons. The summed E-state index contributed by atoms with van der Waals surface area (Å²) >= 11 is 1.79. The Kier molecular flexibility index (Phi) is 6.73. The predicted molar refractivity (Wildman–Crippen MR) is 83.6 cm³/mol. The molecule has 0 aliphatic heterocycles. The lowest BCUT2D eigenvalue weighted by atomic mass is 10.1. The minimum atomic E-state index is -0.165. The van der Waals surface area contributed by atoms with Crippen molar-refractivity contribution < 1.29 is 4.79 Å². The molecular weight excluding hydrogens is 258 g/mol. The zero-order chi connectivity index (χ0) is 14.3. The van der Waals surface area contributed by atoms with Crippen LogP contribution in [0.2, 0.25) is 0 Å². The van der Waals surface area contributed by atoms with Crippen molar-refractivity contribution in [2.45, 2.75) is 19.9 Å². The van der Waals surface area contributed by atoms with Gasteiger partial charge in [0.1, 0.15) is 0 Å². The second-order valence-electron chi connectivity index (χ2n) is 4.81. The van der Waals surface area contributed by atoms with Gasteiger partial charge in [0.05, 0.1) is 0 Å². The molecule has 0 aliphatic rings. The number of benzene rings is 1. The van der Waals surface area contributed by atoms with Crippen LogP contribution < -0.4 is 16.4 Å². The number of carbonyl (C=O) groups excluding carboxylic acids is 1. The van der Waals surface area contributed by atoms with Gasteiger partial charge in [-0.3, -0.25) is 0 Å². The van der Waals surface area contributed by atoms with Gasteiger partial charge in [-0.25, -0.2) is 4.79 Å². The molecule has 4 nitrogen and oxygen atoms in total. The Hall–Kier alpha value is -1.20. The van der Waals surface area contributed by atoms with Crippen molar-refractivity contribution in [3.05, 3.63) is 29.8 Å². The van der Waals surface area contributed by atoms with Crippen molar-refractivity contribution in [1.82, 2.24) is 5.32 Å². The summed E-state index contributed by atoms with van der Waals surface area (Å²) in [5.74, 6) is 1.52. The molecule has 4 N–H and O–H groups in total. The van der Waals surface area contributed by atoms with E-state index in [1.54, 1.807) is 11.8 Å². The van der Waals surface area contributed by atoms with Gasteiger partial charge in [-0.15, -0.1) is 0 Å². The lowest BCUT2D eigenvalue weighted by molar-refractivity contribution is 0.251. The molecule has 0 fully saturated rings. The summed E-state index contributed by atoms with van der Waals surface area (Å²) in [7, 11) is 0. The minimum absolute atomic E-state index is 0.00951. The molecule has 5 heteroatoms. The van der Waals surface area contributed by atoms with Crippen molar-refractivity contribution in [3.8, 4) is 0 Å². The molecule has 0 aromatic heterocycles. The normalized spacial score (nSPS) is 13.7. The monoisotopic (exact) mass is 281 g/mol. The number of urea groups is 1. The van der Waals surface area contributed by atoms with E-state index in [0.717, 1.165) is 17.0 Å². The molecular formula is C14H23N3OS. The highest BCUT2D eigenvalue weighted by atomic mass is 32.2. The Bertz CT molecular complexity index is 392. The standard InChI is InChI=1S/C14H23N3OS/c1-10(9-19-3)8-16-14(18)17-13-6-4-12(5-7-13)11(2)15/h4-7,10-11H,8-9,15H2,1-3H3,(H2,16,17,18). The number of hydrogen-bond donors (Lipinski definition) is 3. The molecule has 2 amide bonds. The number of nitrogens with one attached hydrogen (secondary N) is 2. The van der Waals surface area contributed by atoms with E-state index in [1.165, 1.54) is 0 Å². The topological polar surface area (TPSA) is 67.2 Å². The Morgan fingerprint density at radius 2 is 1.95 bits per heavy atom. The molecule has 0 saturated heterocycles. The number of anilines is 1. The summed E-state index contributed by atoms with van der Waals surface area (Å²) < 4.78 is 0. The fraction of sp³-hybridized carbons (Fsp3) is 0.500. The van der Waals surface area contributed by atoms with E-state index in [0.29, 0.717) is 12.5 Å². The van der Waals surface area contributed by atoms with Gasteiger partial charge in [-0.2, -0.15) is 11.8 Å². The van der Waals surface area contributed by atoms with Crippen molar-refractivity contribution >= 4 is 23.5 Å². The van der Waals surface area contributed by atoms with Gasteiger partial charge in [0.15, 0.2) is 0 Å². The third kappa shape index (κ3) is 5.98. The van der Waals surface area contributed by atoms with Crippen molar-refractivity contribution in [1.29, 1.82) is 0 Å². The molecule has 2 atom stereocenters. The van der Waals surface area contributed by atoms with Gasteiger partial charge < -0.3 is 16.4 Å². The van der Waals surface area contributed by atoms with Gasteiger partial charge in [0, 0.05) is 18.3 Å². The summed E-state index contributed by atoms with van der Waals surface area (Å²) in [6.45, 7) is 4.74. The van der Waals surface area contributed by atoms with Gasteiger partial charge in [-0.1, -0.05) is 19.1 Å². The lowest BCUT2D eigenvalue weighted by Crippen LogP contribution is -2.32. The van der Waals surface area contributed by atoms with E-state index >= 15 is 0 Å². The van der Waals surface area contributed by atoms with Crippen LogP contribution >= 0.6 is 11.8 Å². The number of thioether (sulfide) groups is 1. The number of nitrogens with two attached hydrogens (primary N) is 1. The first-order chi connectivity index (χ1) is 9.02. The van der Waals surface area contributed by atoms with E-state index < -0.39 is 0 Å². The summed E-state index contributed by atoms with van der Waals surface area (Å²) in [6, 6.07) is 7.43. The molecule has 0 bridgehead atoms. The molecule has 0 heterocycles. The Balaban J connectivity index is 2.40. The molecule has 0 aliphatic carbocycles. The Morgan fingerprint density at radius 1 is 1.32 bits per heavy atom. The Labute approximate surface area is 119 Å². The van der Waals surface area contributed by atoms with Crippen LogP contribution in [0.4, 0.5) is 10.5 Å². The second kappa shape index (κ2) is 8.07. The van der Waals surface area contributed by atoms with E-state index in [2.05, 4.69) is 23.8 Å². The smallest absolute Gasteiger partial charge is 0.319 e. The first-order valence-corrected chi connectivity index (χ1v) is 7.81. The molecule has 0 radical (unpaired) electrons. The fourth-order valence-corrected chi connectivity index (χ4v) is 2.34. The van der Waals surface area contributed by atoms with Crippen molar-refractivity contribution in [2.75, 3.05) is 23.9 Å². The van der Waals surface area contributed by atoms with Gasteiger partial charge in [-0.05, 0) is 42.5 Å². The molecule has 1 aromatic rings. The molecule has 1 aromatic carbocycles. The quantitative estimate of drug-likeness (QED) is 0.751. The SMILES string of the molecule is CSCC(C)CNC(=O)Nc1ccc(C(C)N)cc1. The van der Waals surface area contributed by atoms with Gasteiger partial charge >= 0.3 is 6.03 Å². The van der Waals surface area contributed by atoms with Crippen molar-refractivity contribution in [3.63, 3.8) is 0 Å². The maximum atomic E-state index is 11.7. The number of amides is 2. The van der Waals surface area contributed by atoms with E-state index in [1.807, 2.05) is 31.2 Å². The minimum Gasteiger partial charge on any atom is -0.338 e. The maximum absolute atomic E-state index is 11.7. The van der Waals surface area contributed by atoms with Crippen LogP contribution in [0.15, 0.2) is 24.3 Å². The number of hydrogen-bond acceptors (Lipinski definition) is 3. The highest BCUT2D eigenvalue weighted by Gasteiger charge is 2.05. The van der Waals surface area contributed by atoms with Gasteiger partial charge in [0.25, 0.3) is 0 Å². The third-order valence-corrected chi connectivity index (χ3v) is 3.66. The summed E-state index contributed by atoms with van der Waals surface area (Å²) in [6.07, 6.45) is 2.07. The summed E-state index contributed by atoms with van der Waals surface area (Å²) in [4.78, 5) is 11.7. The predicted octanol–water partition coefficient (Wildman–Crippen LogP) is 2.83. The van der Waals surface area contributed by atoms with E-state index in [-0.39, 0.29) is 12.1 Å². The zero-order valence-electron chi connectivity index (χ0n) is 11.8. The number of carbonyl (C=O) groups is 1. The fourth-order valence-electron chi connectivity index (χ4n) is 1.66. The summed E-state index contributed by atoms with van der Waals surface area (Å²) in [5.41, 5.74) is 7.61. The number of rotatable bonds is 6. The first kappa shape index (κ1) is 15.9. The second-order valence-corrected chi connectivity index (χ2v) is 5.72. The van der Waals surface area contributed by atoms with Crippen molar-refractivity contribution in [2.24, 2.45) is 11.7 Å². The Morgan fingerprint density at radius 3 is 2.47 bits per heavy atom. The average molecular weight is 281 g/mol. The van der Waals surface area contributed by atoms with E-state index in [4.69, 9.17) is 5.73 Å². The van der Waals surface area contributed by atoms with E-state index in [9.17, 15) is 4.79 Å². The van der Waals surface area contributed by atoms with Gasteiger partial charge in [0.2, 0.25) is 0 Å². The largest absolute Gasteiger partial charge is 0.338 e. The highest BCUT2D eigenvalue weighted by Crippen LogP contribution is 2.14. The van der Waals surface area contributed by atoms with Crippen LogP contribution in [-0.4, -0.2) is 24.6 Å². The van der Waals surface area contributed by atoms with Crippen LogP contribution in [0.1, 0.15) is 25.5 Å². The average Bonchev–Trinajstić information content (AvgIpc) is 2.37. The van der Waals surface area contributed by atoms with Crippen LogP contribution in [0.3, 0.4) is 0 Å². The molecule has 19 heavy (non-hydrogen) atoms. The zero-order valence-corrected chi connectivity index (χ0v) is 12.6. The molecule has 2 unspecified atom stereocenters. The summed E-state index contributed by atoms with van der Waals surface area (Å²) in [5, 5.41) is 5.67.